The summed E-state index contributed by atoms with van der Waals surface area (Å²) in [5, 5.41) is 0. The molecule has 0 aromatic heterocycles. The molecule has 2 N–H and O–H groups in total. The number of amides is 2. The number of carbonyl (C=O) groups excluding carboxylic acids is 2. The standard InChI is InChI=1S/C18H20N2O6/c1-23-12-5-4-6-14(9-12)26-11-17(21)19-20-18(22)15-8-7-13(24-2)10-16(15)25-3/h4-10H,11H2,1-3H3,(H,19,21)(H,20,22). The second-order valence-corrected chi connectivity index (χ2v) is 5.04. The molecule has 26 heavy (non-hydrogen) atoms. The third-order valence-electron chi connectivity index (χ3n) is 3.38. The number of rotatable bonds is 7. The summed E-state index contributed by atoms with van der Waals surface area (Å²) >= 11 is 0. The number of carbonyl (C=O) groups is 2. The van der Waals surface area contributed by atoms with E-state index in [1.54, 1.807) is 36.4 Å². The minimum Gasteiger partial charge on any atom is -0.497 e. The molecule has 2 amide bonds. The average molecular weight is 360 g/mol. The van der Waals surface area contributed by atoms with Gasteiger partial charge in [0, 0.05) is 12.1 Å². The third kappa shape index (κ3) is 5.04. The van der Waals surface area contributed by atoms with Crippen LogP contribution in [0.4, 0.5) is 0 Å². The molecule has 0 fully saturated rings. The fourth-order valence-electron chi connectivity index (χ4n) is 2.06. The monoisotopic (exact) mass is 360 g/mol. The minimum absolute atomic E-state index is 0.252. The normalized spacial score (nSPS) is 9.81. The molecule has 0 aliphatic rings. The van der Waals surface area contributed by atoms with Crippen LogP contribution in [0.3, 0.4) is 0 Å². The van der Waals surface area contributed by atoms with Crippen LogP contribution < -0.4 is 29.8 Å². The third-order valence-corrected chi connectivity index (χ3v) is 3.38. The molecule has 8 heteroatoms. The molecule has 0 radical (unpaired) electrons. The van der Waals surface area contributed by atoms with E-state index in [9.17, 15) is 9.59 Å². The van der Waals surface area contributed by atoms with E-state index < -0.39 is 11.8 Å². The van der Waals surface area contributed by atoms with Gasteiger partial charge < -0.3 is 18.9 Å². The van der Waals surface area contributed by atoms with Crippen molar-refractivity contribution in [2.24, 2.45) is 0 Å². The van der Waals surface area contributed by atoms with Crippen molar-refractivity contribution in [1.82, 2.24) is 10.9 Å². The maximum atomic E-state index is 12.2. The van der Waals surface area contributed by atoms with Gasteiger partial charge in [-0.2, -0.15) is 0 Å². The maximum Gasteiger partial charge on any atom is 0.276 e. The lowest BCUT2D eigenvalue weighted by Gasteiger charge is -2.12. The Labute approximate surface area is 151 Å². The van der Waals surface area contributed by atoms with Crippen molar-refractivity contribution in [1.29, 1.82) is 0 Å². The summed E-state index contributed by atoms with van der Waals surface area (Å²) in [5.74, 6) is 0.913. The fourth-order valence-corrected chi connectivity index (χ4v) is 2.06. The Bertz CT molecular complexity index is 778. The number of methoxy groups -OCH3 is 3. The predicted molar refractivity (Wildman–Crippen MR) is 93.6 cm³/mol. The van der Waals surface area contributed by atoms with Crippen molar-refractivity contribution >= 4 is 11.8 Å². The molecule has 0 saturated heterocycles. The van der Waals surface area contributed by atoms with E-state index in [4.69, 9.17) is 18.9 Å². The van der Waals surface area contributed by atoms with Crippen molar-refractivity contribution in [3.8, 4) is 23.0 Å². The maximum absolute atomic E-state index is 12.2. The lowest BCUT2D eigenvalue weighted by atomic mass is 10.2. The van der Waals surface area contributed by atoms with Gasteiger partial charge in [-0.3, -0.25) is 20.4 Å². The number of ether oxygens (including phenoxy) is 4. The van der Waals surface area contributed by atoms with Gasteiger partial charge in [0.1, 0.15) is 23.0 Å². The number of hydrazine groups is 1. The Kier molecular flexibility index (Phi) is 6.67. The summed E-state index contributed by atoms with van der Waals surface area (Å²) in [7, 11) is 4.48. The van der Waals surface area contributed by atoms with Crippen LogP contribution in [0, 0.1) is 0 Å². The highest BCUT2D eigenvalue weighted by Crippen LogP contribution is 2.24. The SMILES string of the molecule is COc1cccc(OCC(=O)NNC(=O)c2ccc(OC)cc2OC)c1. The first-order valence-corrected chi connectivity index (χ1v) is 7.65. The summed E-state index contributed by atoms with van der Waals surface area (Å²) in [5.41, 5.74) is 4.84. The van der Waals surface area contributed by atoms with Crippen molar-refractivity contribution in [2.45, 2.75) is 0 Å². The van der Waals surface area contributed by atoms with Crippen LogP contribution in [0.2, 0.25) is 0 Å². The summed E-state index contributed by atoms with van der Waals surface area (Å²) in [6, 6.07) is 11.6. The van der Waals surface area contributed by atoms with Crippen molar-refractivity contribution in [3.63, 3.8) is 0 Å². The molecule has 2 aromatic carbocycles. The molecular weight excluding hydrogens is 340 g/mol. The lowest BCUT2D eigenvalue weighted by Crippen LogP contribution is -2.43. The topological polar surface area (TPSA) is 95.1 Å². The zero-order chi connectivity index (χ0) is 18.9. The van der Waals surface area contributed by atoms with Crippen LogP contribution in [-0.4, -0.2) is 39.8 Å². The van der Waals surface area contributed by atoms with Gasteiger partial charge in [0.15, 0.2) is 6.61 Å². The molecule has 0 bridgehead atoms. The minimum atomic E-state index is -0.528. The number of hydrogen-bond donors (Lipinski definition) is 2. The van der Waals surface area contributed by atoms with E-state index >= 15 is 0 Å². The van der Waals surface area contributed by atoms with E-state index in [1.807, 2.05) is 0 Å². The molecule has 0 aliphatic heterocycles. The van der Waals surface area contributed by atoms with E-state index in [0.717, 1.165) is 0 Å². The summed E-state index contributed by atoms with van der Waals surface area (Å²) in [6.45, 7) is -0.271. The first kappa shape index (κ1) is 18.9. The van der Waals surface area contributed by atoms with Gasteiger partial charge in [-0.1, -0.05) is 6.07 Å². The van der Waals surface area contributed by atoms with Crippen LogP contribution in [-0.2, 0) is 4.79 Å². The highest BCUT2D eigenvalue weighted by Gasteiger charge is 2.14. The van der Waals surface area contributed by atoms with E-state index in [1.165, 1.54) is 27.4 Å². The Morgan fingerprint density at radius 1 is 0.846 bits per heavy atom. The zero-order valence-corrected chi connectivity index (χ0v) is 14.7. The molecule has 138 valence electrons. The van der Waals surface area contributed by atoms with Crippen LogP contribution >= 0.6 is 0 Å². The smallest absolute Gasteiger partial charge is 0.276 e. The summed E-state index contributed by atoms with van der Waals surface area (Å²) < 4.78 is 20.6. The number of benzene rings is 2. The van der Waals surface area contributed by atoms with Gasteiger partial charge in [0.05, 0.1) is 26.9 Å². The second kappa shape index (κ2) is 9.16. The first-order valence-electron chi connectivity index (χ1n) is 7.65. The highest BCUT2D eigenvalue weighted by molar-refractivity contribution is 5.98. The average Bonchev–Trinajstić information content (AvgIpc) is 2.69. The van der Waals surface area contributed by atoms with Crippen LogP contribution in [0.5, 0.6) is 23.0 Å². The Morgan fingerprint density at radius 2 is 1.54 bits per heavy atom. The Morgan fingerprint density at radius 3 is 2.23 bits per heavy atom. The van der Waals surface area contributed by atoms with Gasteiger partial charge in [-0.25, -0.2) is 0 Å². The molecule has 8 nitrogen and oxygen atoms in total. The van der Waals surface area contributed by atoms with E-state index in [0.29, 0.717) is 23.0 Å². The van der Waals surface area contributed by atoms with Crippen molar-refractivity contribution < 1.29 is 28.5 Å². The molecular formula is C18H20N2O6. The van der Waals surface area contributed by atoms with Crippen molar-refractivity contribution in [2.75, 3.05) is 27.9 Å². The van der Waals surface area contributed by atoms with Crippen LogP contribution in [0.1, 0.15) is 10.4 Å². The van der Waals surface area contributed by atoms with Gasteiger partial charge in [-0.05, 0) is 24.3 Å². The predicted octanol–water partition coefficient (Wildman–Crippen LogP) is 1.55. The fraction of sp³-hybridized carbons (Fsp3) is 0.222. The molecule has 0 unspecified atom stereocenters. The first-order chi connectivity index (χ1) is 12.6. The number of hydrogen-bond acceptors (Lipinski definition) is 6. The summed E-state index contributed by atoms with van der Waals surface area (Å²) in [6.07, 6.45) is 0. The Hall–Kier alpha value is -3.42. The molecule has 0 heterocycles. The molecule has 0 aliphatic carbocycles. The van der Waals surface area contributed by atoms with E-state index in [2.05, 4.69) is 10.9 Å². The molecule has 2 aromatic rings. The van der Waals surface area contributed by atoms with Gasteiger partial charge >= 0.3 is 0 Å². The molecule has 0 atom stereocenters. The van der Waals surface area contributed by atoms with Gasteiger partial charge in [0.2, 0.25) is 0 Å². The molecule has 0 spiro atoms. The second-order valence-electron chi connectivity index (χ2n) is 5.04. The largest absolute Gasteiger partial charge is 0.497 e. The van der Waals surface area contributed by atoms with Crippen LogP contribution in [0.25, 0.3) is 0 Å². The lowest BCUT2D eigenvalue weighted by molar-refractivity contribution is -0.123. The van der Waals surface area contributed by atoms with Gasteiger partial charge in [-0.15, -0.1) is 0 Å². The van der Waals surface area contributed by atoms with Crippen LogP contribution in [0.15, 0.2) is 42.5 Å². The number of nitrogens with one attached hydrogen (secondary N) is 2. The molecule has 2 rings (SSSR count). The Balaban J connectivity index is 1.87. The van der Waals surface area contributed by atoms with E-state index in [-0.39, 0.29) is 12.2 Å². The van der Waals surface area contributed by atoms with Crippen molar-refractivity contribution in [3.05, 3.63) is 48.0 Å². The summed E-state index contributed by atoms with van der Waals surface area (Å²) in [4.78, 5) is 24.0. The molecule has 0 saturated carbocycles. The van der Waals surface area contributed by atoms with Gasteiger partial charge in [0.25, 0.3) is 11.8 Å². The zero-order valence-electron chi connectivity index (χ0n) is 14.7. The highest BCUT2D eigenvalue weighted by atomic mass is 16.5. The quantitative estimate of drug-likeness (QED) is 0.728.